The minimum Gasteiger partial charge on any atom is -0.497 e. The second-order valence-corrected chi connectivity index (χ2v) is 5.01. The zero-order chi connectivity index (χ0) is 14.7. The van der Waals surface area contributed by atoms with Crippen molar-refractivity contribution in [2.45, 2.75) is 26.2 Å². The molecule has 0 N–H and O–H groups in total. The molecule has 2 amide bonds. The summed E-state index contributed by atoms with van der Waals surface area (Å²) in [5.41, 5.74) is -0.0868. The zero-order valence-corrected chi connectivity index (χ0v) is 11.7. The van der Waals surface area contributed by atoms with E-state index in [0.717, 1.165) is 23.8 Å². The summed E-state index contributed by atoms with van der Waals surface area (Å²) in [6.45, 7) is 2.43. The number of amides is 2. The molecule has 1 unspecified atom stereocenters. The van der Waals surface area contributed by atoms with Crippen molar-refractivity contribution in [2.75, 3.05) is 13.7 Å². The molecule has 1 heterocycles. The molecule has 1 fully saturated rings. The van der Waals surface area contributed by atoms with Crippen molar-refractivity contribution in [3.63, 3.8) is 0 Å². The van der Waals surface area contributed by atoms with Gasteiger partial charge in [-0.3, -0.25) is 14.5 Å². The van der Waals surface area contributed by atoms with Crippen LogP contribution in [0.3, 0.4) is 0 Å². The number of likely N-dealkylation sites (tertiary alicyclic amines) is 1. The highest BCUT2D eigenvalue weighted by atomic mass is 19.1. The number of rotatable bonds is 4. The third-order valence-electron chi connectivity index (χ3n) is 3.55. The predicted octanol–water partition coefficient (Wildman–Crippen LogP) is 2.62. The Morgan fingerprint density at radius 1 is 1.50 bits per heavy atom. The highest BCUT2D eigenvalue weighted by molar-refractivity contribution is 6.05. The van der Waals surface area contributed by atoms with Gasteiger partial charge in [0, 0.05) is 19.0 Å². The van der Waals surface area contributed by atoms with Crippen LogP contribution in [0.5, 0.6) is 5.75 Å². The fraction of sp³-hybridized carbons (Fsp3) is 0.467. The Morgan fingerprint density at radius 3 is 2.85 bits per heavy atom. The first-order valence-corrected chi connectivity index (χ1v) is 6.75. The SMILES string of the molecule is CCCC1CC(=O)N(C(=O)c2ccc(OC)cc2F)C1. The lowest BCUT2D eigenvalue weighted by Crippen LogP contribution is -2.33. The van der Waals surface area contributed by atoms with E-state index in [-0.39, 0.29) is 17.4 Å². The lowest BCUT2D eigenvalue weighted by Gasteiger charge is -2.15. The smallest absolute Gasteiger partial charge is 0.263 e. The Balaban J connectivity index is 2.17. The molecular formula is C15H18FNO3. The normalized spacial score (nSPS) is 18.4. The molecule has 1 aromatic carbocycles. The van der Waals surface area contributed by atoms with Crippen LogP contribution in [0.1, 0.15) is 36.5 Å². The molecule has 2 rings (SSSR count). The summed E-state index contributed by atoms with van der Waals surface area (Å²) >= 11 is 0. The van der Waals surface area contributed by atoms with Crippen LogP contribution in [0.4, 0.5) is 4.39 Å². The van der Waals surface area contributed by atoms with Gasteiger partial charge in [0.15, 0.2) is 0 Å². The number of nitrogens with zero attached hydrogens (tertiary/aromatic N) is 1. The third-order valence-corrected chi connectivity index (χ3v) is 3.55. The van der Waals surface area contributed by atoms with Crippen molar-refractivity contribution in [1.82, 2.24) is 4.90 Å². The molecule has 0 radical (unpaired) electrons. The van der Waals surface area contributed by atoms with E-state index in [2.05, 4.69) is 0 Å². The van der Waals surface area contributed by atoms with Gasteiger partial charge < -0.3 is 4.74 Å². The summed E-state index contributed by atoms with van der Waals surface area (Å²) in [6, 6.07) is 4.02. The highest BCUT2D eigenvalue weighted by Gasteiger charge is 2.34. The van der Waals surface area contributed by atoms with E-state index in [9.17, 15) is 14.0 Å². The number of carbonyl (C=O) groups excluding carboxylic acids is 2. The highest BCUT2D eigenvalue weighted by Crippen LogP contribution is 2.25. The molecule has 0 aliphatic carbocycles. The molecule has 108 valence electrons. The molecule has 0 bridgehead atoms. The van der Waals surface area contributed by atoms with E-state index in [1.54, 1.807) is 0 Å². The Morgan fingerprint density at radius 2 is 2.25 bits per heavy atom. The number of methoxy groups -OCH3 is 1. The topological polar surface area (TPSA) is 46.6 Å². The Hall–Kier alpha value is -1.91. The van der Waals surface area contributed by atoms with E-state index < -0.39 is 11.7 Å². The van der Waals surface area contributed by atoms with Crippen LogP contribution in [0.25, 0.3) is 0 Å². The molecule has 0 spiro atoms. The minimum absolute atomic E-state index is 0.0868. The van der Waals surface area contributed by atoms with Crippen LogP contribution in [0.2, 0.25) is 0 Å². The maximum atomic E-state index is 13.9. The molecule has 20 heavy (non-hydrogen) atoms. The maximum Gasteiger partial charge on any atom is 0.263 e. The molecule has 1 saturated heterocycles. The van der Waals surface area contributed by atoms with Gasteiger partial charge in [-0.1, -0.05) is 13.3 Å². The maximum absolute atomic E-state index is 13.9. The van der Waals surface area contributed by atoms with Gasteiger partial charge in [-0.05, 0) is 24.5 Å². The zero-order valence-electron chi connectivity index (χ0n) is 11.7. The van der Waals surface area contributed by atoms with Gasteiger partial charge in [-0.2, -0.15) is 0 Å². The average molecular weight is 279 g/mol. The quantitative estimate of drug-likeness (QED) is 0.796. The summed E-state index contributed by atoms with van der Waals surface area (Å²) in [7, 11) is 1.43. The molecular weight excluding hydrogens is 261 g/mol. The van der Waals surface area contributed by atoms with Crippen molar-refractivity contribution in [1.29, 1.82) is 0 Å². The van der Waals surface area contributed by atoms with E-state index in [0.29, 0.717) is 18.7 Å². The number of ether oxygens (including phenoxy) is 1. The van der Waals surface area contributed by atoms with Crippen LogP contribution in [-0.4, -0.2) is 30.4 Å². The van der Waals surface area contributed by atoms with E-state index in [1.165, 1.54) is 19.2 Å². The van der Waals surface area contributed by atoms with Crippen molar-refractivity contribution < 1.29 is 18.7 Å². The number of halogens is 1. The molecule has 1 aliphatic rings. The number of hydrogen-bond donors (Lipinski definition) is 0. The summed E-state index contributed by atoms with van der Waals surface area (Å²) in [6.07, 6.45) is 2.24. The fourth-order valence-electron chi connectivity index (χ4n) is 2.52. The van der Waals surface area contributed by atoms with Gasteiger partial charge in [0.25, 0.3) is 5.91 Å². The number of imide groups is 1. The minimum atomic E-state index is -0.666. The number of carbonyl (C=O) groups is 2. The first-order chi connectivity index (χ1) is 9.56. The van der Waals surface area contributed by atoms with Gasteiger partial charge in [-0.25, -0.2) is 4.39 Å². The van der Waals surface area contributed by atoms with E-state index >= 15 is 0 Å². The van der Waals surface area contributed by atoms with Gasteiger partial charge in [0.1, 0.15) is 11.6 Å². The molecule has 4 nitrogen and oxygen atoms in total. The summed E-state index contributed by atoms with van der Waals surface area (Å²) in [5, 5.41) is 0. The van der Waals surface area contributed by atoms with Crippen LogP contribution in [-0.2, 0) is 4.79 Å². The second-order valence-electron chi connectivity index (χ2n) is 5.01. The number of hydrogen-bond acceptors (Lipinski definition) is 3. The monoisotopic (exact) mass is 279 g/mol. The van der Waals surface area contributed by atoms with Crippen molar-refractivity contribution in [3.8, 4) is 5.75 Å². The third kappa shape index (κ3) is 2.81. The number of benzene rings is 1. The predicted molar refractivity (Wildman–Crippen MR) is 72.0 cm³/mol. The molecule has 1 aromatic rings. The van der Waals surface area contributed by atoms with Crippen molar-refractivity contribution in [3.05, 3.63) is 29.6 Å². The lowest BCUT2D eigenvalue weighted by atomic mass is 10.0. The summed E-state index contributed by atoms with van der Waals surface area (Å²) in [4.78, 5) is 25.3. The van der Waals surface area contributed by atoms with Crippen molar-refractivity contribution in [2.24, 2.45) is 5.92 Å². The van der Waals surface area contributed by atoms with Gasteiger partial charge >= 0.3 is 0 Å². The molecule has 0 saturated carbocycles. The van der Waals surface area contributed by atoms with Crippen LogP contribution >= 0.6 is 0 Å². The summed E-state index contributed by atoms with van der Waals surface area (Å²) < 4.78 is 18.8. The first-order valence-electron chi connectivity index (χ1n) is 6.75. The average Bonchev–Trinajstić information content (AvgIpc) is 2.79. The Bertz CT molecular complexity index is 530. The van der Waals surface area contributed by atoms with E-state index in [1.807, 2.05) is 6.92 Å². The molecule has 5 heteroatoms. The molecule has 0 aromatic heterocycles. The lowest BCUT2D eigenvalue weighted by molar-refractivity contribution is -0.125. The second kappa shape index (κ2) is 6.03. The van der Waals surface area contributed by atoms with Crippen LogP contribution < -0.4 is 4.74 Å². The molecule has 1 atom stereocenters. The van der Waals surface area contributed by atoms with Gasteiger partial charge in [0.05, 0.1) is 12.7 Å². The van der Waals surface area contributed by atoms with Crippen LogP contribution in [0, 0.1) is 11.7 Å². The largest absolute Gasteiger partial charge is 0.497 e. The molecule has 1 aliphatic heterocycles. The van der Waals surface area contributed by atoms with Crippen LogP contribution in [0.15, 0.2) is 18.2 Å². The standard InChI is InChI=1S/C15H18FNO3/c1-3-4-10-7-14(18)17(9-10)15(19)12-6-5-11(20-2)8-13(12)16/h5-6,8,10H,3-4,7,9H2,1-2H3. The van der Waals surface area contributed by atoms with E-state index in [4.69, 9.17) is 4.74 Å². The Labute approximate surface area is 117 Å². The Kier molecular flexibility index (Phi) is 4.37. The van der Waals surface area contributed by atoms with Gasteiger partial charge in [-0.15, -0.1) is 0 Å². The van der Waals surface area contributed by atoms with Crippen molar-refractivity contribution >= 4 is 11.8 Å². The fourth-order valence-corrected chi connectivity index (χ4v) is 2.52. The van der Waals surface area contributed by atoms with Gasteiger partial charge in [0.2, 0.25) is 5.91 Å². The first kappa shape index (κ1) is 14.5. The summed E-state index contributed by atoms with van der Waals surface area (Å²) in [5.74, 6) is -0.910.